The smallest absolute Gasteiger partial charge is 0.257 e. The average Bonchev–Trinajstić information content (AvgIpc) is 2.70. The molecule has 0 fully saturated rings. The molecule has 1 heterocycles. The van der Waals surface area contributed by atoms with Crippen molar-refractivity contribution in [3.05, 3.63) is 83.9 Å². The van der Waals surface area contributed by atoms with E-state index in [0.29, 0.717) is 12.2 Å². The molecule has 0 saturated heterocycles. The van der Waals surface area contributed by atoms with Crippen molar-refractivity contribution in [3.63, 3.8) is 0 Å². The van der Waals surface area contributed by atoms with Crippen molar-refractivity contribution in [3.8, 4) is 0 Å². The van der Waals surface area contributed by atoms with Gasteiger partial charge in [0.1, 0.15) is 0 Å². The first-order valence-corrected chi connectivity index (χ1v) is 8.23. The average molecular weight is 371 g/mol. The molecule has 0 saturated carbocycles. The van der Waals surface area contributed by atoms with E-state index in [2.05, 4.69) is 10.3 Å². The molecule has 0 radical (unpaired) electrons. The molecule has 0 unspecified atom stereocenters. The molecule has 0 aliphatic rings. The maximum atomic E-state index is 13.8. The number of carbonyl (C=O) groups is 1. The highest BCUT2D eigenvalue weighted by Gasteiger charge is 2.17. The molecule has 0 aliphatic carbocycles. The maximum Gasteiger partial charge on any atom is 0.257 e. The number of carbonyl (C=O) groups excluding carboxylic acids is 1. The standard InChI is InChI=1S/C20H16F3N3O/c1-2-26(14-6-4-3-5-7-14)15-10-13(11-24-12-15)20(27)25-17-9-8-16(21)18(22)19(17)23/h3-12H,2H2,1H3,(H,25,27). The first-order chi connectivity index (χ1) is 13.0. The number of nitrogens with one attached hydrogen (secondary N) is 1. The van der Waals surface area contributed by atoms with Crippen molar-refractivity contribution in [2.75, 3.05) is 16.8 Å². The Hall–Kier alpha value is -3.35. The highest BCUT2D eigenvalue weighted by atomic mass is 19.2. The SMILES string of the molecule is CCN(c1ccccc1)c1cncc(C(=O)Nc2ccc(F)c(F)c2F)c1. The molecule has 0 atom stereocenters. The summed E-state index contributed by atoms with van der Waals surface area (Å²) in [6.07, 6.45) is 2.92. The zero-order chi connectivity index (χ0) is 19.4. The lowest BCUT2D eigenvalue weighted by Gasteiger charge is -2.23. The molecule has 138 valence electrons. The minimum absolute atomic E-state index is 0.158. The van der Waals surface area contributed by atoms with Crippen LogP contribution in [0.1, 0.15) is 17.3 Å². The monoisotopic (exact) mass is 371 g/mol. The Kier molecular flexibility index (Phi) is 5.40. The molecule has 1 amide bonds. The van der Waals surface area contributed by atoms with Gasteiger partial charge in [-0.1, -0.05) is 18.2 Å². The van der Waals surface area contributed by atoms with Gasteiger partial charge in [0.15, 0.2) is 17.5 Å². The fourth-order valence-corrected chi connectivity index (χ4v) is 2.64. The lowest BCUT2D eigenvalue weighted by molar-refractivity contribution is 0.102. The fourth-order valence-electron chi connectivity index (χ4n) is 2.64. The molecule has 3 aromatic rings. The van der Waals surface area contributed by atoms with Crippen LogP contribution in [0.15, 0.2) is 60.9 Å². The summed E-state index contributed by atoms with van der Waals surface area (Å²) >= 11 is 0. The Morgan fingerprint density at radius 2 is 1.74 bits per heavy atom. The van der Waals surface area contributed by atoms with Crippen LogP contribution < -0.4 is 10.2 Å². The number of amides is 1. The summed E-state index contributed by atoms with van der Waals surface area (Å²) in [6, 6.07) is 12.8. The molecule has 3 rings (SSSR count). The van der Waals surface area contributed by atoms with Crippen molar-refractivity contribution >= 4 is 23.0 Å². The number of halogens is 3. The van der Waals surface area contributed by atoms with Gasteiger partial charge in [0, 0.05) is 18.4 Å². The molecule has 27 heavy (non-hydrogen) atoms. The van der Waals surface area contributed by atoms with Gasteiger partial charge in [-0.05, 0) is 37.3 Å². The zero-order valence-corrected chi connectivity index (χ0v) is 14.4. The third-order valence-corrected chi connectivity index (χ3v) is 3.97. The highest BCUT2D eigenvalue weighted by molar-refractivity contribution is 6.04. The molecule has 0 spiro atoms. The van der Waals surface area contributed by atoms with Crippen LogP contribution in [0, 0.1) is 17.5 Å². The Morgan fingerprint density at radius 3 is 2.44 bits per heavy atom. The van der Waals surface area contributed by atoms with E-state index < -0.39 is 29.0 Å². The number of para-hydroxylation sites is 1. The first kappa shape index (κ1) is 18.4. The molecular weight excluding hydrogens is 355 g/mol. The van der Waals surface area contributed by atoms with Crippen molar-refractivity contribution in [1.82, 2.24) is 4.98 Å². The van der Waals surface area contributed by atoms with Crippen molar-refractivity contribution in [2.45, 2.75) is 6.92 Å². The van der Waals surface area contributed by atoms with E-state index in [1.807, 2.05) is 42.2 Å². The molecule has 2 aromatic carbocycles. The minimum Gasteiger partial charge on any atom is -0.340 e. The largest absolute Gasteiger partial charge is 0.340 e. The second-order valence-corrected chi connectivity index (χ2v) is 5.69. The van der Waals surface area contributed by atoms with Crippen molar-refractivity contribution < 1.29 is 18.0 Å². The predicted molar refractivity (Wildman–Crippen MR) is 97.6 cm³/mol. The second-order valence-electron chi connectivity index (χ2n) is 5.69. The first-order valence-electron chi connectivity index (χ1n) is 8.23. The summed E-state index contributed by atoms with van der Waals surface area (Å²) in [5.41, 5.74) is 1.30. The van der Waals surface area contributed by atoms with Gasteiger partial charge in [0.05, 0.1) is 23.1 Å². The third-order valence-electron chi connectivity index (χ3n) is 3.97. The van der Waals surface area contributed by atoms with Gasteiger partial charge in [0.2, 0.25) is 0 Å². The fraction of sp³-hybridized carbons (Fsp3) is 0.100. The van der Waals surface area contributed by atoms with Crippen LogP contribution in [0.3, 0.4) is 0 Å². The topological polar surface area (TPSA) is 45.2 Å². The Morgan fingerprint density at radius 1 is 1.00 bits per heavy atom. The van der Waals surface area contributed by atoms with E-state index in [1.54, 1.807) is 12.3 Å². The van der Waals surface area contributed by atoms with Crippen LogP contribution in [-0.4, -0.2) is 17.4 Å². The summed E-state index contributed by atoms with van der Waals surface area (Å²) in [5, 5.41) is 2.24. The summed E-state index contributed by atoms with van der Waals surface area (Å²) in [7, 11) is 0. The normalized spacial score (nSPS) is 10.5. The summed E-state index contributed by atoms with van der Waals surface area (Å²) in [5.74, 6) is -5.10. The lowest BCUT2D eigenvalue weighted by Crippen LogP contribution is -2.18. The maximum absolute atomic E-state index is 13.8. The van der Waals surface area contributed by atoms with Gasteiger partial charge in [-0.25, -0.2) is 13.2 Å². The Bertz CT molecular complexity index is 964. The van der Waals surface area contributed by atoms with Crippen LogP contribution in [0.25, 0.3) is 0 Å². The van der Waals surface area contributed by atoms with Gasteiger partial charge in [-0.3, -0.25) is 9.78 Å². The van der Waals surface area contributed by atoms with E-state index >= 15 is 0 Å². The number of aromatic nitrogens is 1. The van der Waals surface area contributed by atoms with E-state index in [9.17, 15) is 18.0 Å². The molecule has 7 heteroatoms. The van der Waals surface area contributed by atoms with E-state index in [4.69, 9.17) is 0 Å². The van der Waals surface area contributed by atoms with Gasteiger partial charge in [0.25, 0.3) is 5.91 Å². The number of hydrogen-bond donors (Lipinski definition) is 1. The van der Waals surface area contributed by atoms with Crippen LogP contribution in [0.4, 0.5) is 30.2 Å². The Labute approximate surface area is 154 Å². The zero-order valence-electron chi connectivity index (χ0n) is 14.4. The van der Waals surface area contributed by atoms with Crippen LogP contribution in [0.5, 0.6) is 0 Å². The molecule has 0 aliphatic heterocycles. The predicted octanol–water partition coefficient (Wildman–Crippen LogP) is 4.91. The minimum atomic E-state index is -1.64. The van der Waals surface area contributed by atoms with E-state index in [1.165, 1.54) is 6.20 Å². The van der Waals surface area contributed by atoms with Crippen LogP contribution in [-0.2, 0) is 0 Å². The lowest BCUT2D eigenvalue weighted by atomic mass is 10.2. The third kappa shape index (κ3) is 3.92. The number of pyridine rings is 1. The Balaban J connectivity index is 1.87. The van der Waals surface area contributed by atoms with E-state index in [-0.39, 0.29) is 5.56 Å². The van der Waals surface area contributed by atoms with Gasteiger partial charge in [-0.2, -0.15) is 0 Å². The number of hydrogen-bond acceptors (Lipinski definition) is 3. The van der Waals surface area contributed by atoms with Gasteiger partial charge in [-0.15, -0.1) is 0 Å². The number of benzene rings is 2. The second kappa shape index (κ2) is 7.90. The summed E-state index contributed by atoms with van der Waals surface area (Å²) < 4.78 is 40.1. The summed E-state index contributed by atoms with van der Waals surface area (Å²) in [6.45, 7) is 2.59. The number of anilines is 3. The van der Waals surface area contributed by atoms with Crippen LogP contribution in [0.2, 0.25) is 0 Å². The van der Waals surface area contributed by atoms with Crippen molar-refractivity contribution in [1.29, 1.82) is 0 Å². The number of nitrogens with zero attached hydrogens (tertiary/aromatic N) is 2. The van der Waals surface area contributed by atoms with Gasteiger partial charge >= 0.3 is 0 Å². The summed E-state index contributed by atoms with van der Waals surface area (Å²) in [4.78, 5) is 18.4. The molecule has 4 nitrogen and oxygen atoms in total. The molecular formula is C20H16F3N3O. The van der Waals surface area contributed by atoms with Gasteiger partial charge < -0.3 is 10.2 Å². The van der Waals surface area contributed by atoms with Crippen LogP contribution >= 0.6 is 0 Å². The quantitative estimate of drug-likeness (QED) is 0.648. The molecule has 0 bridgehead atoms. The molecule has 1 N–H and O–H groups in total. The van der Waals surface area contributed by atoms with E-state index in [0.717, 1.165) is 17.8 Å². The highest BCUT2D eigenvalue weighted by Crippen LogP contribution is 2.25. The number of rotatable bonds is 5. The molecule has 1 aromatic heterocycles. The van der Waals surface area contributed by atoms with Crippen molar-refractivity contribution in [2.24, 2.45) is 0 Å².